The van der Waals surface area contributed by atoms with Crippen molar-refractivity contribution < 1.29 is 18.7 Å². The number of nitrogens with zero attached hydrogens (tertiary/aromatic N) is 1. The molecule has 0 aliphatic carbocycles. The molecule has 130 valence electrons. The van der Waals surface area contributed by atoms with Crippen molar-refractivity contribution in [3.63, 3.8) is 0 Å². The van der Waals surface area contributed by atoms with Gasteiger partial charge in [-0.05, 0) is 49.6 Å². The molecule has 0 saturated carbocycles. The Bertz CT molecular complexity index is 805. The topological polar surface area (TPSA) is 46.6 Å². The van der Waals surface area contributed by atoms with Crippen LogP contribution in [0.3, 0.4) is 0 Å². The summed E-state index contributed by atoms with van der Waals surface area (Å²) in [5.74, 6) is -1.20. The summed E-state index contributed by atoms with van der Waals surface area (Å²) in [5, 5.41) is 0. The van der Waals surface area contributed by atoms with Gasteiger partial charge < -0.3 is 9.64 Å². The van der Waals surface area contributed by atoms with Crippen molar-refractivity contribution in [2.45, 2.75) is 38.8 Å². The molecule has 1 amide bonds. The average molecular weight is 341 g/mol. The fraction of sp³-hybridized carbons (Fsp3) is 0.300. The predicted octanol–water partition coefficient (Wildman–Crippen LogP) is 3.28. The highest BCUT2D eigenvalue weighted by atomic mass is 19.1. The fourth-order valence-corrected chi connectivity index (χ4v) is 3.20. The number of hydrogen-bond donors (Lipinski definition) is 0. The van der Waals surface area contributed by atoms with Crippen LogP contribution in [0.25, 0.3) is 0 Å². The molecule has 1 aliphatic heterocycles. The van der Waals surface area contributed by atoms with Crippen molar-refractivity contribution in [3.05, 3.63) is 65.5 Å². The fourth-order valence-electron chi connectivity index (χ4n) is 3.20. The Hall–Kier alpha value is -2.69. The van der Waals surface area contributed by atoms with E-state index in [1.54, 1.807) is 17.9 Å². The zero-order chi connectivity index (χ0) is 18.0. The number of hydrogen-bond acceptors (Lipinski definition) is 3. The van der Waals surface area contributed by atoms with Crippen molar-refractivity contribution in [2.24, 2.45) is 0 Å². The number of halogens is 1. The van der Waals surface area contributed by atoms with Gasteiger partial charge in [-0.25, -0.2) is 4.39 Å². The first kappa shape index (κ1) is 17.1. The van der Waals surface area contributed by atoms with E-state index in [9.17, 15) is 14.0 Å². The van der Waals surface area contributed by atoms with E-state index in [4.69, 9.17) is 4.74 Å². The van der Waals surface area contributed by atoms with E-state index in [1.165, 1.54) is 18.2 Å². The van der Waals surface area contributed by atoms with E-state index < -0.39 is 17.9 Å². The van der Waals surface area contributed by atoms with Crippen LogP contribution in [0.1, 0.15) is 25.0 Å². The van der Waals surface area contributed by atoms with Gasteiger partial charge in [-0.15, -0.1) is 0 Å². The van der Waals surface area contributed by atoms with Crippen LogP contribution < -0.4 is 4.90 Å². The zero-order valence-corrected chi connectivity index (χ0v) is 14.2. The monoisotopic (exact) mass is 341 g/mol. The number of ether oxygens (including phenoxy) is 1. The van der Waals surface area contributed by atoms with Crippen molar-refractivity contribution in [1.29, 1.82) is 0 Å². The standard InChI is InChI=1S/C20H20FNO3/c1-13-10-16-7-3-4-9-18(16)22(13)20(24)14(2)25-19(23)12-15-6-5-8-17(21)11-15/h3-9,11,13-14H,10,12H2,1-2H3/t13-,14-/m0/s1. The van der Waals surface area contributed by atoms with E-state index in [0.29, 0.717) is 5.56 Å². The Balaban J connectivity index is 1.66. The van der Waals surface area contributed by atoms with Gasteiger partial charge in [-0.3, -0.25) is 9.59 Å². The summed E-state index contributed by atoms with van der Waals surface area (Å²) in [6, 6.07) is 13.5. The number of carbonyl (C=O) groups is 2. The molecule has 0 bridgehead atoms. The van der Waals surface area contributed by atoms with Crippen molar-refractivity contribution in [3.8, 4) is 0 Å². The molecule has 1 aliphatic rings. The van der Waals surface area contributed by atoms with Crippen LogP contribution >= 0.6 is 0 Å². The number of anilines is 1. The second-order valence-electron chi connectivity index (χ2n) is 6.33. The first-order chi connectivity index (χ1) is 12.0. The van der Waals surface area contributed by atoms with Crippen LogP contribution in [0.15, 0.2) is 48.5 Å². The minimum absolute atomic E-state index is 0.0225. The number of para-hydroxylation sites is 1. The molecule has 0 spiro atoms. The van der Waals surface area contributed by atoms with Gasteiger partial charge >= 0.3 is 5.97 Å². The maximum absolute atomic E-state index is 13.2. The van der Waals surface area contributed by atoms with E-state index in [2.05, 4.69) is 0 Å². The normalized spacial score (nSPS) is 17.1. The van der Waals surface area contributed by atoms with Crippen LogP contribution in [0.4, 0.5) is 10.1 Å². The summed E-state index contributed by atoms with van der Waals surface area (Å²) in [6.45, 7) is 3.54. The Kier molecular flexibility index (Phi) is 4.83. The number of esters is 1. The van der Waals surface area contributed by atoms with E-state index in [-0.39, 0.29) is 18.4 Å². The molecule has 0 saturated heterocycles. The third-order valence-corrected chi connectivity index (χ3v) is 4.34. The maximum Gasteiger partial charge on any atom is 0.311 e. The molecule has 2 aromatic carbocycles. The van der Waals surface area contributed by atoms with Crippen LogP contribution in [0.5, 0.6) is 0 Å². The molecule has 2 aromatic rings. The lowest BCUT2D eigenvalue weighted by Crippen LogP contribution is -2.43. The van der Waals surface area contributed by atoms with Gasteiger partial charge in [0, 0.05) is 11.7 Å². The first-order valence-electron chi connectivity index (χ1n) is 8.30. The summed E-state index contributed by atoms with van der Waals surface area (Å²) < 4.78 is 18.5. The molecular formula is C20H20FNO3. The zero-order valence-electron chi connectivity index (χ0n) is 14.2. The predicted molar refractivity (Wildman–Crippen MR) is 92.8 cm³/mol. The van der Waals surface area contributed by atoms with Crippen molar-refractivity contribution in [2.75, 3.05) is 4.90 Å². The number of rotatable bonds is 4. The highest BCUT2D eigenvalue weighted by Crippen LogP contribution is 2.32. The summed E-state index contributed by atoms with van der Waals surface area (Å²) in [4.78, 5) is 26.5. The van der Waals surface area contributed by atoms with E-state index >= 15 is 0 Å². The Morgan fingerprint density at radius 2 is 2.00 bits per heavy atom. The number of benzene rings is 2. The second-order valence-corrected chi connectivity index (χ2v) is 6.33. The second kappa shape index (κ2) is 7.05. The van der Waals surface area contributed by atoms with Gasteiger partial charge in [-0.2, -0.15) is 0 Å². The third-order valence-electron chi connectivity index (χ3n) is 4.34. The lowest BCUT2D eigenvalue weighted by atomic mass is 10.1. The first-order valence-corrected chi connectivity index (χ1v) is 8.30. The van der Waals surface area contributed by atoms with Crippen LogP contribution in [0, 0.1) is 5.82 Å². The minimum Gasteiger partial charge on any atom is -0.452 e. The molecule has 0 fully saturated rings. The molecule has 5 heteroatoms. The van der Waals surface area contributed by atoms with Crippen LogP contribution in [-0.4, -0.2) is 24.0 Å². The molecular weight excluding hydrogens is 321 g/mol. The molecule has 0 aromatic heterocycles. The molecule has 25 heavy (non-hydrogen) atoms. The van der Waals surface area contributed by atoms with Crippen molar-refractivity contribution in [1.82, 2.24) is 0 Å². The summed E-state index contributed by atoms with van der Waals surface area (Å²) in [7, 11) is 0. The molecule has 4 nitrogen and oxygen atoms in total. The maximum atomic E-state index is 13.2. The van der Waals surface area contributed by atoms with E-state index in [0.717, 1.165) is 17.7 Å². The van der Waals surface area contributed by atoms with Crippen LogP contribution in [-0.2, 0) is 27.2 Å². The van der Waals surface area contributed by atoms with Gasteiger partial charge in [-0.1, -0.05) is 30.3 Å². The lowest BCUT2D eigenvalue weighted by Gasteiger charge is -2.26. The summed E-state index contributed by atoms with van der Waals surface area (Å²) in [5.41, 5.74) is 2.50. The van der Waals surface area contributed by atoms with Gasteiger partial charge in [0.1, 0.15) is 5.82 Å². The minimum atomic E-state index is -0.894. The van der Waals surface area contributed by atoms with Crippen LogP contribution in [0.2, 0.25) is 0 Å². The van der Waals surface area contributed by atoms with Gasteiger partial charge in [0.25, 0.3) is 5.91 Å². The van der Waals surface area contributed by atoms with Gasteiger partial charge in [0.2, 0.25) is 0 Å². The Labute approximate surface area is 146 Å². The molecule has 2 atom stereocenters. The molecule has 3 rings (SSSR count). The molecule has 0 N–H and O–H groups in total. The highest BCUT2D eigenvalue weighted by molar-refractivity contribution is 5.99. The SMILES string of the molecule is C[C@H](OC(=O)Cc1cccc(F)c1)C(=O)N1c2ccccc2C[C@@H]1C. The highest BCUT2D eigenvalue weighted by Gasteiger charge is 2.34. The lowest BCUT2D eigenvalue weighted by molar-refractivity contribution is -0.153. The largest absolute Gasteiger partial charge is 0.452 e. The summed E-state index contributed by atoms with van der Waals surface area (Å²) in [6.07, 6.45) is -0.178. The van der Waals surface area contributed by atoms with Crippen molar-refractivity contribution >= 4 is 17.6 Å². The number of carbonyl (C=O) groups excluding carboxylic acids is 2. The van der Waals surface area contributed by atoms with E-state index in [1.807, 2.05) is 31.2 Å². The van der Waals surface area contributed by atoms with Gasteiger partial charge in [0.15, 0.2) is 6.10 Å². The molecule has 0 unspecified atom stereocenters. The molecule has 1 heterocycles. The Morgan fingerprint density at radius 1 is 1.24 bits per heavy atom. The summed E-state index contributed by atoms with van der Waals surface area (Å²) >= 11 is 0. The number of fused-ring (bicyclic) bond motifs is 1. The third kappa shape index (κ3) is 3.71. The van der Waals surface area contributed by atoms with Gasteiger partial charge in [0.05, 0.1) is 6.42 Å². The molecule has 0 radical (unpaired) electrons. The smallest absolute Gasteiger partial charge is 0.311 e. The Morgan fingerprint density at radius 3 is 2.76 bits per heavy atom. The number of amides is 1. The average Bonchev–Trinajstić information content (AvgIpc) is 2.89. The quantitative estimate of drug-likeness (QED) is 0.802.